The molecule has 0 atom stereocenters. The van der Waals surface area contributed by atoms with Crippen LogP contribution in [0.15, 0.2) is 96.1 Å². The van der Waals surface area contributed by atoms with Gasteiger partial charge >= 0.3 is 5.97 Å². The molecule has 10 nitrogen and oxygen atoms in total. The first-order chi connectivity index (χ1) is 19.8. The monoisotopic (exact) mass is 548 g/mol. The summed E-state index contributed by atoms with van der Waals surface area (Å²) in [7, 11) is 1.42. The molecule has 0 unspecified atom stereocenters. The first-order valence-electron chi connectivity index (χ1n) is 12.5. The van der Waals surface area contributed by atoms with Crippen LogP contribution in [0.1, 0.15) is 32.0 Å². The second-order valence-corrected chi connectivity index (χ2v) is 9.09. The largest absolute Gasteiger partial charge is 0.493 e. The molecule has 0 fully saturated rings. The summed E-state index contributed by atoms with van der Waals surface area (Å²) in [5.41, 5.74) is 7.17. The summed E-state index contributed by atoms with van der Waals surface area (Å²) in [4.78, 5) is 39.2. The number of methoxy groups -OCH3 is 1. The molecular formula is C31H24N4O6. The number of ether oxygens (including phenoxy) is 2. The number of nitro groups is 1. The Labute approximate surface area is 234 Å². The molecule has 1 heterocycles. The summed E-state index contributed by atoms with van der Waals surface area (Å²) >= 11 is 0. The fourth-order valence-corrected chi connectivity index (χ4v) is 4.33. The van der Waals surface area contributed by atoms with Crippen molar-refractivity contribution in [3.63, 3.8) is 0 Å². The van der Waals surface area contributed by atoms with E-state index in [0.29, 0.717) is 11.3 Å². The average molecular weight is 549 g/mol. The Kier molecular flexibility index (Phi) is 7.55. The van der Waals surface area contributed by atoms with Crippen LogP contribution < -0.4 is 14.9 Å². The third kappa shape index (κ3) is 5.81. The highest BCUT2D eigenvalue weighted by Gasteiger charge is 2.19. The summed E-state index contributed by atoms with van der Waals surface area (Å²) in [6, 6.07) is 25.5. The fraction of sp³-hybridized carbons (Fsp3) is 0.0645. The van der Waals surface area contributed by atoms with Crippen molar-refractivity contribution in [2.45, 2.75) is 6.92 Å². The lowest BCUT2D eigenvalue weighted by Crippen LogP contribution is -2.18. The Bertz CT molecular complexity index is 1790. The van der Waals surface area contributed by atoms with Gasteiger partial charge in [-0.2, -0.15) is 5.10 Å². The van der Waals surface area contributed by atoms with Crippen LogP contribution in [0.3, 0.4) is 0 Å². The molecule has 1 amide bonds. The summed E-state index contributed by atoms with van der Waals surface area (Å²) < 4.78 is 10.8. The van der Waals surface area contributed by atoms with E-state index in [1.165, 1.54) is 43.7 Å². The standard InChI is InChI=1S/C31H24N4O6/c1-19-8-14-25-24(16-19)28(21-6-4-3-5-7-21)29(33-25)30(36)34-32-18-20-9-15-26(27(17-20)40-2)41-31(37)22-10-12-23(13-11-22)35(38)39/h3-18,33H,1-2H3,(H,34,36). The van der Waals surface area contributed by atoms with Gasteiger partial charge in [0.1, 0.15) is 5.69 Å². The number of amides is 1. The van der Waals surface area contributed by atoms with Gasteiger partial charge in [-0.1, -0.05) is 42.0 Å². The number of aryl methyl sites for hydroxylation is 1. The smallest absolute Gasteiger partial charge is 0.343 e. The highest BCUT2D eigenvalue weighted by atomic mass is 16.6. The SMILES string of the molecule is COc1cc(C=NNC(=O)c2[nH]c3ccc(C)cc3c2-c2ccccc2)ccc1OC(=O)c1ccc([N+](=O)[O-])cc1. The number of nitro benzene ring substituents is 1. The molecule has 0 radical (unpaired) electrons. The molecule has 0 saturated carbocycles. The quantitative estimate of drug-likeness (QED) is 0.0797. The number of esters is 1. The summed E-state index contributed by atoms with van der Waals surface area (Å²) in [6.07, 6.45) is 1.44. The van der Waals surface area contributed by atoms with Gasteiger partial charge in [0.2, 0.25) is 0 Å². The van der Waals surface area contributed by atoms with Gasteiger partial charge in [-0.25, -0.2) is 10.2 Å². The van der Waals surface area contributed by atoms with E-state index in [4.69, 9.17) is 9.47 Å². The molecule has 1 aromatic heterocycles. The van der Waals surface area contributed by atoms with Crippen molar-refractivity contribution >= 4 is 34.7 Å². The Hall–Kier alpha value is -5.77. The van der Waals surface area contributed by atoms with Gasteiger partial charge < -0.3 is 14.5 Å². The van der Waals surface area contributed by atoms with Crippen LogP contribution >= 0.6 is 0 Å². The predicted molar refractivity (Wildman–Crippen MR) is 155 cm³/mol. The molecule has 0 aliphatic carbocycles. The van der Waals surface area contributed by atoms with Crippen molar-refractivity contribution in [2.75, 3.05) is 7.11 Å². The number of fused-ring (bicyclic) bond motifs is 1. The minimum atomic E-state index is -0.699. The van der Waals surface area contributed by atoms with E-state index in [2.05, 4.69) is 15.5 Å². The third-order valence-electron chi connectivity index (χ3n) is 6.33. The second kappa shape index (κ2) is 11.5. The second-order valence-electron chi connectivity index (χ2n) is 9.09. The Morgan fingerprint density at radius 1 is 0.951 bits per heavy atom. The van der Waals surface area contributed by atoms with Gasteiger partial charge in [0.05, 0.1) is 23.8 Å². The van der Waals surface area contributed by atoms with Gasteiger partial charge in [0, 0.05) is 28.6 Å². The van der Waals surface area contributed by atoms with Gasteiger partial charge in [0.25, 0.3) is 11.6 Å². The molecule has 10 heteroatoms. The maximum atomic E-state index is 13.2. The first kappa shape index (κ1) is 26.8. The zero-order valence-corrected chi connectivity index (χ0v) is 22.1. The van der Waals surface area contributed by atoms with Crippen molar-refractivity contribution in [3.8, 4) is 22.6 Å². The van der Waals surface area contributed by atoms with Gasteiger partial charge in [0.15, 0.2) is 11.5 Å². The van der Waals surface area contributed by atoms with Crippen molar-refractivity contribution in [3.05, 3.63) is 123 Å². The molecule has 0 aliphatic rings. The minimum absolute atomic E-state index is 0.134. The number of benzene rings is 4. The number of aromatic amines is 1. The number of nitrogens with one attached hydrogen (secondary N) is 2. The van der Waals surface area contributed by atoms with Crippen LogP contribution in [0.5, 0.6) is 11.5 Å². The Morgan fingerprint density at radius 3 is 2.41 bits per heavy atom. The highest BCUT2D eigenvalue weighted by molar-refractivity contribution is 6.10. The van der Waals surface area contributed by atoms with Gasteiger partial charge in [-0.05, 0) is 60.5 Å². The lowest BCUT2D eigenvalue weighted by Gasteiger charge is -2.10. The average Bonchev–Trinajstić information content (AvgIpc) is 3.37. The first-order valence-corrected chi connectivity index (χ1v) is 12.5. The number of rotatable bonds is 8. The van der Waals surface area contributed by atoms with Crippen molar-refractivity contribution in [1.29, 1.82) is 0 Å². The zero-order valence-electron chi connectivity index (χ0n) is 22.1. The van der Waals surface area contributed by atoms with E-state index in [1.54, 1.807) is 12.1 Å². The van der Waals surface area contributed by atoms with Crippen LogP contribution in [-0.2, 0) is 0 Å². The summed E-state index contributed by atoms with van der Waals surface area (Å²) in [5, 5.41) is 15.9. The maximum absolute atomic E-state index is 13.2. The normalized spacial score (nSPS) is 11.0. The van der Waals surface area contributed by atoms with Crippen LogP contribution in [0.2, 0.25) is 0 Å². The molecule has 204 valence electrons. The van der Waals surface area contributed by atoms with Gasteiger partial charge in [-0.15, -0.1) is 0 Å². The van der Waals surface area contributed by atoms with Gasteiger partial charge in [-0.3, -0.25) is 14.9 Å². The number of hydrogen-bond donors (Lipinski definition) is 2. The molecule has 0 spiro atoms. The number of carbonyl (C=O) groups excluding carboxylic acids is 2. The molecule has 2 N–H and O–H groups in total. The molecule has 0 saturated heterocycles. The van der Waals surface area contributed by atoms with E-state index in [1.807, 2.05) is 55.5 Å². The van der Waals surface area contributed by atoms with Crippen LogP contribution in [0.25, 0.3) is 22.0 Å². The number of non-ortho nitro benzene ring substituents is 1. The summed E-state index contributed by atoms with van der Waals surface area (Å²) in [6.45, 7) is 2.00. The van der Waals surface area contributed by atoms with E-state index in [-0.39, 0.29) is 22.7 Å². The topological polar surface area (TPSA) is 136 Å². The van der Waals surface area contributed by atoms with Crippen molar-refractivity contribution in [1.82, 2.24) is 10.4 Å². The van der Waals surface area contributed by atoms with E-state index >= 15 is 0 Å². The van der Waals surface area contributed by atoms with Crippen molar-refractivity contribution in [2.24, 2.45) is 5.10 Å². The molecule has 5 rings (SSSR count). The molecule has 0 bridgehead atoms. The number of hydrogen-bond acceptors (Lipinski definition) is 7. The maximum Gasteiger partial charge on any atom is 0.343 e. The number of aromatic nitrogens is 1. The predicted octanol–water partition coefficient (Wildman–Crippen LogP) is 6.04. The minimum Gasteiger partial charge on any atom is -0.493 e. The lowest BCUT2D eigenvalue weighted by molar-refractivity contribution is -0.384. The molecule has 0 aliphatic heterocycles. The van der Waals surface area contributed by atoms with E-state index < -0.39 is 16.8 Å². The van der Waals surface area contributed by atoms with Crippen molar-refractivity contribution < 1.29 is 24.0 Å². The lowest BCUT2D eigenvalue weighted by atomic mass is 10.0. The van der Waals surface area contributed by atoms with Crippen LogP contribution in [0, 0.1) is 17.0 Å². The molecule has 41 heavy (non-hydrogen) atoms. The number of nitrogens with zero attached hydrogens (tertiary/aromatic N) is 2. The highest BCUT2D eigenvalue weighted by Crippen LogP contribution is 2.33. The Balaban J connectivity index is 1.32. The number of H-pyrrole nitrogens is 1. The molecular weight excluding hydrogens is 524 g/mol. The third-order valence-corrected chi connectivity index (χ3v) is 6.33. The fourth-order valence-electron chi connectivity index (χ4n) is 4.33. The van der Waals surface area contributed by atoms with E-state index in [9.17, 15) is 19.7 Å². The Morgan fingerprint density at radius 2 is 1.71 bits per heavy atom. The van der Waals surface area contributed by atoms with Crippen LogP contribution in [0.4, 0.5) is 5.69 Å². The summed E-state index contributed by atoms with van der Waals surface area (Å²) in [5.74, 6) is -0.699. The van der Waals surface area contributed by atoms with E-state index in [0.717, 1.165) is 27.6 Å². The molecule has 4 aromatic carbocycles. The zero-order chi connectivity index (χ0) is 28.9. The molecule has 5 aromatic rings. The number of hydrazone groups is 1. The van der Waals surface area contributed by atoms with Crippen LogP contribution in [-0.4, -0.2) is 35.1 Å². The number of carbonyl (C=O) groups is 2.